The van der Waals surface area contributed by atoms with E-state index in [-0.39, 0.29) is 17.4 Å². The van der Waals surface area contributed by atoms with Crippen molar-refractivity contribution in [3.63, 3.8) is 0 Å². The first kappa shape index (κ1) is 13.6. The summed E-state index contributed by atoms with van der Waals surface area (Å²) in [5.41, 5.74) is 0.203. The molecular weight excluding hydrogens is 222 g/mol. The molecule has 0 aromatic rings. The summed E-state index contributed by atoms with van der Waals surface area (Å²) in [7, 11) is 0. The molecule has 0 saturated heterocycles. The average molecular weight is 247 g/mol. The molecule has 0 aromatic carbocycles. The van der Waals surface area contributed by atoms with Crippen LogP contribution in [0.4, 0.5) is 0 Å². The Morgan fingerprint density at radius 1 is 1.39 bits per heavy atom. The van der Waals surface area contributed by atoms with Gasteiger partial charge in [-0.2, -0.15) is 5.26 Å². The number of aliphatic hydroxyl groups is 1. The van der Waals surface area contributed by atoms with Gasteiger partial charge in [-0.05, 0) is 49.9 Å². The second-order valence-electron chi connectivity index (χ2n) is 6.08. The minimum absolute atomic E-state index is 0.186. The van der Waals surface area contributed by atoms with Crippen LogP contribution in [0.1, 0.15) is 58.3 Å². The van der Waals surface area contributed by atoms with Crippen LogP contribution in [0.5, 0.6) is 0 Å². The lowest BCUT2D eigenvalue weighted by Gasteiger charge is -2.45. The second kappa shape index (κ2) is 5.89. The molecule has 18 heavy (non-hydrogen) atoms. The van der Waals surface area contributed by atoms with Crippen LogP contribution in [0, 0.1) is 28.6 Å². The molecule has 0 radical (unpaired) electrons. The molecule has 100 valence electrons. The second-order valence-corrected chi connectivity index (χ2v) is 6.08. The fourth-order valence-corrected chi connectivity index (χ4v) is 3.56. The molecule has 1 N–H and O–H groups in total. The monoisotopic (exact) mass is 247 g/mol. The standard InChI is InChI=1S/C16H25NO/c1-2-16(10-5-11-16)15(18)9-4-7-13-6-3-8-14(13)12-17/h4,7,13-15,18H,2-3,5-6,8-11H2,1H3/b7-4+/t13?,14-,15?/m1/s1. The lowest BCUT2D eigenvalue weighted by atomic mass is 9.63. The van der Waals surface area contributed by atoms with Gasteiger partial charge in [0, 0.05) is 0 Å². The van der Waals surface area contributed by atoms with E-state index in [1.54, 1.807) is 0 Å². The highest BCUT2D eigenvalue weighted by Gasteiger charge is 2.40. The van der Waals surface area contributed by atoms with Gasteiger partial charge in [-0.3, -0.25) is 0 Å². The topological polar surface area (TPSA) is 44.0 Å². The average Bonchev–Trinajstić information content (AvgIpc) is 2.76. The van der Waals surface area contributed by atoms with E-state index in [1.807, 2.05) is 0 Å². The van der Waals surface area contributed by atoms with Crippen molar-refractivity contribution in [2.45, 2.75) is 64.4 Å². The number of aliphatic hydroxyl groups excluding tert-OH is 1. The Labute approximate surface area is 111 Å². The molecule has 2 rings (SSSR count). The van der Waals surface area contributed by atoms with Crippen LogP contribution < -0.4 is 0 Å². The van der Waals surface area contributed by atoms with Gasteiger partial charge in [-0.25, -0.2) is 0 Å². The van der Waals surface area contributed by atoms with Crippen LogP contribution in [-0.2, 0) is 0 Å². The van der Waals surface area contributed by atoms with Gasteiger partial charge in [-0.15, -0.1) is 0 Å². The molecule has 2 fully saturated rings. The third-order valence-electron chi connectivity index (χ3n) is 5.24. The first-order chi connectivity index (χ1) is 8.72. The van der Waals surface area contributed by atoms with E-state index in [0.29, 0.717) is 5.92 Å². The fraction of sp³-hybridized carbons (Fsp3) is 0.812. The molecule has 0 bridgehead atoms. The van der Waals surface area contributed by atoms with Crippen LogP contribution in [0.3, 0.4) is 0 Å². The first-order valence-corrected chi connectivity index (χ1v) is 7.46. The predicted molar refractivity (Wildman–Crippen MR) is 72.8 cm³/mol. The van der Waals surface area contributed by atoms with E-state index < -0.39 is 0 Å². The van der Waals surface area contributed by atoms with Gasteiger partial charge in [-0.1, -0.05) is 31.9 Å². The molecule has 0 aliphatic heterocycles. The Hall–Kier alpha value is -0.810. The molecule has 2 aliphatic carbocycles. The summed E-state index contributed by atoms with van der Waals surface area (Å²) < 4.78 is 0. The van der Waals surface area contributed by atoms with Crippen molar-refractivity contribution in [1.29, 1.82) is 5.26 Å². The van der Waals surface area contributed by atoms with Crippen molar-refractivity contribution in [1.82, 2.24) is 0 Å². The minimum atomic E-state index is -0.186. The highest BCUT2D eigenvalue weighted by atomic mass is 16.3. The molecule has 2 aliphatic rings. The van der Waals surface area contributed by atoms with Gasteiger partial charge < -0.3 is 5.11 Å². The van der Waals surface area contributed by atoms with Crippen molar-refractivity contribution in [3.8, 4) is 6.07 Å². The molecule has 0 amide bonds. The summed E-state index contributed by atoms with van der Waals surface area (Å²) in [5, 5.41) is 19.3. The molecule has 0 heterocycles. The highest BCUT2D eigenvalue weighted by molar-refractivity contribution is 5.04. The van der Waals surface area contributed by atoms with Gasteiger partial charge in [0.05, 0.1) is 18.1 Å². The van der Waals surface area contributed by atoms with Crippen LogP contribution in [0.2, 0.25) is 0 Å². The zero-order valence-corrected chi connectivity index (χ0v) is 11.4. The number of rotatable bonds is 5. The Kier molecular flexibility index (Phi) is 4.45. The maximum Gasteiger partial charge on any atom is 0.0661 e. The van der Waals surface area contributed by atoms with Crippen molar-refractivity contribution in [2.75, 3.05) is 0 Å². The first-order valence-electron chi connectivity index (χ1n) is 7.46. The molecule has 2 nitrogen and oxygen atoms in total. The van der Waals surface area contributed by atoms with Gasteiger partial charge in [0.2, 0.25) is 0 Å². The molecule has 3 atom stereocenters. The maximum atomic E-state index is 10.3. The predicted octanol–water partition coefficient (Wildman–Crippen LogP) is 3.81. The fourth-order valence-electron chi connectivity index (χ4n) is 3.56. The molecule has 0 spiro atoms. The molecule has 2 saturated carbocycles. The summed E-state index contributed by atoms with van der Waals surface area (Å²) in [5.74, 6) is 0.642. The Morgan fingerprint density at radius 3 is 2.72 bits per heavy atom. The number of hydrogen-bond donors (Lipinski definition) is 1. The van der Waals surface area contributed by atoms with E-state index in [0.717, 1.165) is 25.7 Å². The zero-order chi connectivity index (χ0) is 13.0. The van der Waals surface area contributed by atoms with Gasteiger partial charge in [0.1, 0.15) is 0 Å². The van der Waals surface area contributed by atoms with Crippen molar-refractivity contribution >= 4 is 0 Å². The maximum absolute atomic E-state index is 10.3. The van der Waals surface area contributed by atoms with Crippen LogP contribution in [0.25, 0.3) is 0 Å². The van der Waals surface area contributed by atoms with E-state index in [4.69, 9.17) is 5.26 Å². The van der Waals surface area contributed by atoms with E-state index in [1.165, 1.54) is 25.7 Å². The van der Waals surface area contributed by atoms with E-state index in [2.05, 4.69) is 25.1 Å². The van der Waals surface area contributed by atoms with E-state index in [9.17, 15) is 5.11 Å². The van der Waals surface area contributed by atoms with Crippen LogP contribution in [0.15, 0.2) is 12.2 Å². The van der Waals surface area contributed by atoms with E-state index >= 15 is 0 Å². The largest absolute Gasteiger partial charge is 0.392 e. The Balaban J connectivity index is 1.82. The highest BCUT2D eigenvalue weighted by Crippen LogP contribution is 2.47. The zero-order valence-electron chi connectivity index (χ0n) is 11.4. The smallest absolute Gasteiger partial charge is 0.0661 e. The number of hydrogen-bond acceptors (Lipinski definition) is 2. The molecule has 2 unspecified atom stereocenters. The lowest BCUT2D eigenvalue weighted by Crippen LogP contribution is -2.40. The van der Waals surface area contributed by atoms with Gasteiger partial charge >= 0.3 is 0 Å². The third-order valence-corrected chi connectivity index (χ3v) is 5.24. The Morgan fingerprint density at radius 2 is 2.17 bits per heavy atom. The molecule has 0 aromatic heterocycles. The van der Waals surface area contributed by atoms with Gasteiger partial charge in [0.25, 0.3) is 0 Å². The van der Waals surface area contributed by atoms with Gasteiger partial charge in [0.15, 0.2) is 0 Å². The third kappa shape index (κ3) is 2.62. The van der Waals surface area contributed by atoms with Crippen molar-refractivity contribution < 1.29 is 5.11 Å². The number of nitrogens with zero attached hydrogens (tertiary/aromatic N) is 1. The van der Waals surface area contributed by atoms with Crippen LogP contribution in [-0.4, -0.2) is 11.2 Å². The quantitative estimate of drug-likeness (QED) is 0.751. The molecule has 2 heteroatoms. The summed E-state index contributed by atoms with van der Waals surface area (Å²) >= 11 is 0. The normalized spacial score (nSPS) is 32.1. The summed E-state index contributed by atoms with van der Waals surface area (Å²) in [4.78, 5) is 0. The lowest BCUT2D eigenvalue weighted by molar-refractivity contribution is -0.0355. The number of allylic oxidation sites excluding steroid dienone is 1. The summed E-state index contributed by atoms with van der Waals surface area (Å²) in [6.07, 6.45) is 13.0. The number of nitriles is 1. The SMILES string of the molecule is CCC1(C(O)C/C=C/C2CCC[C@@H]2C#N)CCC1. The Bertz CT molecular complexity index is 332. The van der Waals surface area contributed by atoms with Crippen LogP contribution >= 0.6 is 0 Å². The minimum Gasteiger partial charge on any atom is -0.392 e. The van der Waals surface area contributed by atoms with Crippen molar-refractivity contribution in [3.05, 3.63) is 12.2 Å². The molecular formula is C16H25NO. The van der Waals surface area contributed by atoms with Crippen molar-refractivity contribution in [2.24, 2.45) is 17.3 Å². The summed E-state index contributed by atoms with van der Waals surface area (Å²) in [6, 6.07) is 2.40. The summed E-state index contributed by atoms with van der Waals surface area (Å²) in [6.45, 7) is 2.19.